The Hall–Kier alpha value is -0.0500. The van der Waals surface area contributed by atoms with Gasteiger partial charge in [0.25, 0.3) is 0 Å². The largest absolute Gasteiger partial charge is 0.0861 e. The number of halogens is 1. The average molecular weight is 274 g/mol. The molecular weight excluding hydrogens is 259 g/mol. The first-order valence-electron chi connectivity index (χ1n) is 4.43. The first-order valence-corrected chi connectivity index (χ1v) is 5.95. The summed E-state index contributed by atoms with van der Waals surface area (Å²) >= 11 is 2.46. The van der Waals surface area contributed by atoms with Crippen molar-refractivity contribution in [2.45, 2.75) is 19.8 Å². The topological polar surface area (TPSA) is 0 Å². The molecule has 0 spiro atoms. The van der Waals surface area contributed by atoms with Crippen LogP contribution in [0.15, 0.2) is 30.3 Å². The summed E-state index contributed by atoms with van der Waals surface area (Å²) in [4.78, 5) is 0. The molecule has 66 valence electrons. The summed E-state index contributed by atoms with van der Waals surface area (Å²) in [7, 11) is 0. The van der Waals surface area contributed by atoms with Crippen LogP contribution in [0.3, 0.4) is 0 Å². The van der Waals surface area contributed by atoms with Crippen molar-refractivity contribution in [3.8, 4) is 0 Å². The Morgan fingerprint density at radius 2 is 1.92 bits per heavy atom. The van der Waals surface area contributed by atoms with Crippen molar-refractivity contribution < 1.29 is 0 Å². The van der Waals surface area contributed by atoms with Gasteiger partial charge in [0, 0.05) is 4.43 Å². The summed E-state index contributed by atoms with van der Waals surface area (Å²) in [6.07, 6.45) is 2.54. The smallest absolute Gasteiger partial charge is 0.00211 e. The number of rotatable bonds is 4. The van der Waals surface area contributed by atoms with Gasteiger partial charge < -0.3 is 0 Å². The van der Waals surface area contributed by atoms with E-state index in [0.29, 0.717) is 0 Å². The summed E-state index contributed by atoms with van der Waals surface area (Å²) in [6, 6.07) is 10.7. The van der Waals surface area contributed by atoms with Crippen LogP contribution in [-0.4, -0.2) is 4.43 Å². The van der Waals surface area contributed by atoms with E-state index in [1.54, 1.807) is 0 Å². The molecule has 0 aliphatic heterocycles. The van der Waals surface area contributed by atoms with E-state index in [1.165, 1.54) is 22.8 Å². The van der Waals surface area contributed by atoms with Crippen LogP contribution in [0.5, 0.6) is 0 Å². The van der Waals surface area contributed by atoms with Gasteiger partial charge in [-0.2, -0.15) is 0 Å². The van der Waals surface area contributed by atoms with Crippen LogP contribution >= 0.6 is 22.6 Å². The highest BCUT2D eigenvalue weighted by Gasteiger charge is 1.99. The fourth-order valence-corrected chi connectivity index (χ4v) is 1.58. The normalized spacial score (nSPS) is 12.8. The zero-order valence-electron chi connectivity index (χ0n) is 7.46. The van der Waals surface area contributed by atoms with Crippen LogP contribution in [0.4, 0.5) is 0 Å². The standard InChI is InChI=1S/C11H15I/c1-10(9-12)7-8-11-5-3-2-4-6-11/h2-6,10H,7-9H2,1H3. The number of hydrogen-bond donors (Lipinski definition) is 0. The zero-order chi connectivity index (χ0) is 8.81. The zero-order valence-corrected chi connectivity index (χ0v) is 9.62. The fraction of sp³-hybridized carbons (Fsp3) is 0.455. The molecule has 0 bridgehead atoms. The van der Waals surface area contributed by atoms with Gasteiger partial charge in [0.2, 0.25) is 0 Å². The number of benzene rings is 1. The lowest BCUT2D eigenvalue weighted by Gasteiger charge is -2.06. The van der Waals surface area contributed by atoms with Gasteiger partial charge in [0.15, 0.2) is 0 Å². The molecule has 0 aliphatic rings. The second-order valence-electron chi connectivity index (χ2n) is 3.28. The van der Waals surface area contributed by atoms with E-state index < -0.39 is 0 Å². The van der Waals surface area contributed by atoms with Gasteiger partial charge in [-0.15, -0.1) is 0 Å². The van der Waals surface area contributed by atoms with Crippen molar-refractivity contribution in [3.63, 3.8) is 0 Å². The van der Waals surface area contributed by atoms with E-state index in [0.717, 1.165) is 5.92 Å². The summed E-state index contributed by atoms with van der Waals surface area (Å²) < 4.78 is 1.27. The van der Waals surface area contributed by atoms with Gasteiger partial charge in [0.05, 0.1) is 0 Å². The van der Waals surface area contributed by atoms with Crippen LogP contribution in [0.25, 0.3) is 0 Å². The lowest BCUT2D eigenvalue weighted by molar-refractivity contribution is 0.604. The van der Waals surface area contributed by atoms with Crippen molar-refractivity contribution >= 4 is 22.6 Å². The summed E-state index contributed by atoms with van der Waals surface area (Å²) in [5, 5.41) is 0. The number of hydrogen-bond acceptors (Lipinski definition) is 0. The van der Waals surface area contributed by atoms with E-state index in [2.05, 4.69) is 59.8 Å². The van der Waals surface area contributed by atoms with Crippen molar-refractivity contribution in [3.05, 3.63) is 35.9 Å². The molecular formula is C11H15I. The Balaban J connectivity index is 2.33. The number of aryl methyl sites for hydroxylation is 1. The average Bonchev–Trinajstić information content (AvgIpc) is 2.16. The van der Waals surface area contributed by atoms with Crippen LogP contribution in [-0.2, 0) is 6.42 Å². The van der Waals surface area contributed by atoms with Crippen LogP contribution in [0, 0.1) is 5.92 Å². The van der Waals surface area contributed by atoms with Crippen molar-refractivity contribution in [2.75, 3.05) is 4.43 Å². The fourth-order valence-electron chi connectivity index (χ4n) is 1.13. The lowest BCUT2D eigenvalue weighted by atomic mass is 10.0. The van der Waals surface area contributed by atoms with Crippen LogP contribution in [0.2, 0.25) is 0 Å². The summed E-state index contributed by atoms with van der Waals surface area (Å²) in [5.41, 5.74) is 1.47. The predicted octanol–water partition coefficient (Wildman–Crippen LogP) is 3.69. The molecule has 1 heteroatoms. The Morgan fingerprint density at radius 3 is 2.50 bits per heavy atom. The maximum atomic E-state index is 2.46. The minimum absolute atomic E-state index is 0.853. The predicted molar refractivity (Wildman–Crippen MR) is 62.8 cm³/mol. The van der Waals surface area contributed by atoms with Gasteiger partial charge in [-0.3, -0.25) is 0 Å². The molecule has 1 aromatic rings. The van der Waals surface area contributed by atoms with Crippen molar-refractivity contribution in [1.82, 2.24) is 0 Å². The molecule has 0 amide bonds. The van der Waals surface area contributed by atoms with Crippen molar-refractivity contribution in [2.24, 2.45) is 5.92 Å². The minimum atomic E-state index is 0.853. The first-order chi connectivity index (χ1) is 5.83. The second kappa shape index (κ2) is 5.57. The van der Waals surface area contributed by atoms with Crippen LogP contribution < -0.4 is 0 Å². The molecule has 1 aromatic carbocycles. The van der Waals surface area contributed by atoms with E-state index in [-0.39, 0.29) is 0 Å². The molecule has 1 unspecified atom stereocenters. The highest BCUT2D eigenvalue weighted by Crippen LogP contribution is 2.11. The van der Waals surface area contributed by atoms with E-state index >= 15 is 0 Å². The second-order valence-corrected chi connectivity index (χ2v) is 4.16. The van der Waals surface area contributed by atoms with Gasteiger partial charge >= 0.3 is 0 Å². The molecule has 0 aliphatic carbocycles. The molecule has 0 fully saturated rings. The first kappa shape index (κ1) is 10.0. The number of alkyl halides is 1. The molecule has 0 nitrogen and oxygen atoms in total. The Bertz CT molecular complexity index is 206. The van der Waals surface area contributed by atoms with Crippen molar-refractivity contribution in [1.29, 1.82) is 0 Å². The maximum absolute atomic E-state index is 2.46. The lowest BCUT2D eigenvalue weighted by Crippen LogP contribution is -1.97. The van der Waals surface area contributed by atoms with Gasteiger partial charge in [0.1, 0.15) is 0 Å². The monoisotopic (exact) mass is 274 g/mol. The van der Waals surface area contributed by atoms with E-state index in [9.17, 15) is 0 Å². The van der Waals surface area contributed by atoms with Crippen LogP contribution in [0.1, 0.15) is 18.9 Å². The Labute approximate surface area is 88.5 Å². The van der Waals surface area contributed by atoms with E-state index in [4.69, 9.17) is 0 Å². The third-order valence-electron chi connectivity index (χ3n) is 2.03. The third kappa shape index (κ3) is 3.57. The molecule has 0 saturated heterocycles. The maximum Gasteiger partial charge on any atom is 0.00211 e. The minimum Gasteiger partial charge on any atom is -0.0861 e. The Morgan fingerprint density at radius 1 is 1.25 bits per heavy atom. The summed E-state index contributed by atoms with van der Waals surface area (Å²) in [6.45, 7) is 2.31. The third-order valence-corrected chi connectivity index (χ3v) is 3.54. The molecule has 12 heavy (non-hydrogen) atoms. The summed E-state index contributed by atoms with van der Waals surface area (Å²) in [5.74, 6) is 0.853. The molecule has 1 atom stereocenters. The molecule has 0 saturated carbocycles. The Kier molecular flexibility index (Phi) is 4.66. The molecule has 0 heterocycles. The molecule has 0 radical (unpaired) electrons. The van der Waals surface area contributed by atoms with Gasteiger partial charge in [-0.05, 0) is 24.3 Å². The molecule has 1 rings (SSSR count). The molecule has 0 N–H and O–H groups in total. The van der Waals surface area contributed by atoms with Gasteiger partial charge in [-0.1, -0.05) is 59.8 Å². The van der Waals surface area contributed by atoms with Gasteiger partial charge in [-0.25, -0.2) is 0 Å². The highest BCUT2D eigenvalue weighted by atomic mass is 127. The molecule has 0 aromatic heterocycles. The quantitative estimate of drug-likeness (QED) is 0.580. The highest BCUT2D eigenvalue weighted by molar-refractivity contribution is 14.1. The SMILES string of the molecule is CC(CI)CCc1ccccc1. The van der Waals surface area contributed by atoms with E-state index in [1.807, 2.05) is 0 Å².